The van der Waals surface area contributed by atoms with Crippen molar-refractivity contribution in [2.45, 2.75) is 51.2 Å². The van der Waals surface area contributed by atoms with Crippen molar-refractivity contribution in [2.75, 3.05) is 18.4 Å². The second kappa shape index (κ2) is 6.02. The number of aromatic nitrogens is 1. The van der Waals surface area contributed by atoms with Gasteiger partial charge < -0.3 is 10.6 Å². The summed E-state index contributed by atoms with van der Waals surface area (Å²) < 4.78 is 0. The molecule has 2 N–H and O–H groups in total. The van der Waals surface area contributed by atoms with Crippen molar-refractivity contribution in [3.8, 4) is 0 Å². The molecule has 0 bridgehead atoms. The standard InChI is InChI=1S/C16H24N4O/c1-11(2)20-8-7-14(10-20)19-16(21)12-3-6-15(17-9-12)18-13-4-5-13/h3,6,9,11,13-14H,4-5,7-8,10H2,1-2H3,(H,17,18)(H,19,21)/t14-/m1/s1. The summed E-state index contributed by atoms with van der Waals surface area (Å²) in [5, 5.41) is 6.44. The van der Waals surface area contributed by atoms with E-state index in [4.69, 9.17) is 0 Å². The molecule has 0 unspecified atom stereocenters. The molecule has 0 aromatic carbocycles. The van der Waals surface area contributed by atoms with Gasteiger partial charge >= 0.3 is 0 Å². The van der Waals surface area contributed by atoms with Crippen LogP contribution in [0.2, 0.25) is 0 Å². The van der Waals surface area contributed by atoms with Gasteiger partial charge in [0.1, 0.15) is 5.82 Å². The minimum Gasteiger partial charge on any atom is -0.367 e. The maximum atomic E-state index is 12.2. The first-order valence-corrected chi connectivity index (χ1v) is 7.89. The van der Waals surface area contributed by atoms with Crippen molar-refractivity contribution in [3.05, 3.63) is 23.9 Å². The van der Waals surface area contributed by atoms with E-state index in [9.17, 15) is 4.79 Å². The number of amides is 1. The molecule has 0 spiro atoms. The molecule has 1 saturated heterocycles. The van der Waals surface area contributed by atoms with Gasteiger partial charge in [-0.15, -0.1) is 0 Å². The zero-order valence-electron chi connectivity index (χ0n) is 12.8. The SMILES string of the molecule is CC(C)N1CC[C@@H](NC(=O)c2ccc(NC3CC3)nc2)C1. The molecule has 3 rings (SSSR count). The number of carbonyl (C=O) groups excluding carboxylic acids is 1. The van der Waals surface area contributed by atoms with Crippen LogP contribution in [0.1, 0.15) is 43.5 Å². The molecular weight excluding hydrogens is 264 g/mol. The molecule has 5 heteroatoms. The van der Waals surface area contributed by atoms with Crippen LogP contribution in [0, 0.1) is 0 Å². The monoisotopic (exact) mass is 288 g/mol. The number of likely N-dealkylation sites (tertiary alicyclic amines) is 1. The lowest BCUT2D eigenvalue weighted by Gasteiger charge is -2.20. The van der Waals surface area contributed by atoms with Crippen molar-refractivity contribution in [1.29, 1.82) is 0 Å². The zero-order valence-corrected chi connectivity index (χ0v) is 12.8. The van der Waals surface area contributed by atoms with E-state index in [2.05, 4.69) is 34.4 Å². The summed E-state index contributed by atoms with van der Waals surface area (Å²) in [6.07, 6.45) is 5.13. The minimum atomic E-state index is -0.0175. The van der Waals surface area contributed by atoms with Crippen molar-refractivity contribution >= 4 is 11.7 Å². The first-order chi connectivity index (χ1) is 10.1. The van der Waals surface area contributed by atoms with E-state index in [1.165, 1.54) is 12.8 Å². The quantitative estimate of drug-likeness (QED) is 0.868. The summed E-state index contributed by atoms with van der Waals surface area (Å²) in [5.74, 6) is 0.844. The van der Waals surface area contributed by atoms with E-state index in [-0.39, 0.29) is 11.9 Å². The van der Waals surface area contributed by atoms with Gasteiger partial charge in [0.2, 0.25) is 0 Å². The Morgan fingerprint density at radius 2 is 2.10 bits per heavy atom. The highest BCUT2D eigenvalue weighted by Gasteiger charge is 2.26. The van der Waals surface area contributed by atoms with E-state index in [0.717, 1.165) is 25.3 Å². The Balaban J connectivity index is 1.53. The number of hydrogen-bond acceptors (Lipinski definition) is 4. The molecule has 21 heavy (non-hydrogen) atoms. The Morgan fingerprint density at radius 3 is 2.67 bits per heavy atom. The molecule has 0 radical (unpaired) electrons. The van der Waals surface area contributed by atoms with Gasteiger partial charge in [0, 0.05) is 37.4 Å². The van der Waals surface area contributed by atoms with Crippen LogP contribution in [0.3, 0.4) is 0 Å². The van der Waals surface area contributed by atoms with Gasteiger partial charge in [0.05, 0.1) is 5.56 Å². The van der Waals surface area contributed by atoms with E-state index in [0.29, 0.717) is 17.6 Å². The number of anilines is 1. The number of carbonyl (C=O) groups is 1. The lowest BCUT2D eigenvalue weighted by molar-refractivity contribution is 0.0936. The average molecular weight is 288 g/mol. The minimum absolute atomic E-state index is 0.0175. The highest BCUT2D eigenvalue weighted by atomic mass is 16.1. The number of hydrogen-bond donors (Lipinski definition) is 2. The Morgan fingerprint density at radius 1 is 1.29 bits per heavy atom. The second-order valence-corrected chi connectivity index (χ2v) is 6.40. The summed E-state index contributed by atoms with van der Waals surface area (Å²) in [5.41, 5.74) is 0.638. The van der Waals surface area contributed by atoms with Crippen molar-refractivity contribution in [2.24, 2.45) is 0 Å². The third-order valence-electron chi connectivity index (χ3n) is 4.24. The molecule has 1 aliphatic heterocycles. The van der Waals surface area contributed by atoms with Gasteiger partial charge in [-0.2, -0.15) is 0 Å². The van der Waals surface area contributed by atoms with Crippen LogP contribution in [0.25, 0.3) is 0 Å². The molecule has 1 amide bonds. The fourth-order valence-electron chi connectivity index (χ4n) is 2.69. The van der Waals surface area contributed by atoms with Gasteiger partial charge in [0.15, 0.2) is 0 Å². The molecule has 2 fully saturated rings. The van der Waals surface area contributed by atoms with Crippen LogP contribution in [0.15, 0.2) is 18.3 Å². The number of rotatable bonds is 5. The maximum absolute atomic E-state index is 12.2. The summed E-state index contributed by atoms with van der Waals surface area (Å²) >= 11 is 0. The van der Waals surface area contributed by atoms with Gasteiger partial charge in [-0.05, 0) is 45.2 Å². The summed E-state index contributed by atoms with van der Waals surface area (Å²) in [7, 11) is 0. The maximum Gasteiger partial charge on any atom is 0.253 e. The molecule has 2 aliphatic rings. The van der Waals surface area contributed by atoms with E-state index < -0.39 is 0 Å². The third-order valence-corrected chi connectivity index (χ3v) is 4.24. The molecule has 2 heterocycles. The fourth-order valence-corrected chi connectivity index (χ4v) is 2.69. The number of pyridine rings is 1. The first-order valence-electron chi connectivity index (χ1n) is 7.89. The topological polar surface area (TPSA) is 57.3 Å². The molecule has 1 atom stereocenters. The van der Waals surface area contributed by atoms with E-state index in [1.807, 2.05) is 12.1 Å². The molecule has 1 saturated carbocycles. The Labute approximate surface area is 126 Å². The summed E-state index contributed by atoms with van der Waals surface area (Å²) in [4.78, 5) is 18.9. The van der Waals surface area contributed by atoms with Crippen LogP contribution >= 0.6 is 0 Å². The van der Waals surface area contributed by atoms with E-state index >= 15 is 0 Å². The zero-order chi connectivity index (χ0) is 14.8. The molecule has 1 aromatic heterocycles. The average Bonchev–Trinajstić information content (AvgIpc) is 3.15. The van der Waals surface area contributed by atoms with Crippen LogP contribution in [-0.4, -0.2) is 47.0 Å². The summed E-state index contributed by atoms with van der Waals surface area (Å²) in [6, 6.07) is 5.12. The molecule has 114 valence electrons. The Hall–Kier alpha value is -1.62. The van der Waals surface area contributed by atoms with Crippen molar-refractivity contribution < 1.29 is 4.79 Å². The highest BCUT2D eigenvalue weighted by Crippen LogP contribution is 2.23. The second-order valence-electron chi connectivity index (χ2n) is 6.40. The van der Waals surface area contributed by atoms with Gasteiger partial charge in [-0.3, -0.25) is 9.69 Å². The molecule has 5 nitrogen and oxygen atoms in total. The fraction of sp³-hybridized carbons (Fsp3) is 0.625. The van der Waals surface area contributed by atoms with Crippen LogP contribution in [-0.2, 0) is 0 Å². The normalized spacial score (nSPS) is 22.5. The highest BCUT2D eigenvalue weighted by molar-refractivity contribution is 5.94. The largest absolute Gasteiger partial charge is 0.367 e. The Kier molecular flexibility index (Phi) is 4.10. The van der Waals surface area contributed by atoms with Crippen LogP contribution < -0.4 is 10.6 Å². The Bertz CT molecular complexity index is 496. The third kappa shape index (κ3) is 3.73. The first kappa shape index (κ1) is 14.3. The summed E-state index contributed by atoms with van der Waals surface area (Å²) in [6.45, 7) is 6.39. The lowest BCUT2D eigenvalue weighted by Crippen LogP contribution is -2.38. The predicted octanol–water partition coefficient (Wildman–Crippen LogP) is 1.87. The molecule has 1 aromatic rings. The van der Waals surface area contributed by atoms with Crippen LogP contribution in [0.5, 0.6) is 0 Å². The van der Waals surface area contributed by atoms with Crippen molar-refractivity contribution in [3.63, 3.8) is 0 Å². The van der Waals surface area contributed by atoms with Gasteiger partial charge in [-0.1, -0.05) is 0 Å². The van der Waals surface area contributed by atoms with Crippen LogP contribution in [0.4, 0.5) is 5.82 Å². The smallest absolute Gasteiger partial charge is 0.253 e. The van der Waals surface area contributed by atoms with Gasteiger partial charge in [-0.25, -0.2) is 4.98 Å². The predicted molar refractivity (Wildman–Crippen MR) is 83.5 cm³/mol. The van der Waals surface area contributed by atoms with Crippen molar-refractivity contribution in [1.82, 2.24) is 15.2 Å². The lowest BCUT2D eigenvalue weighted by atomic mass is 10.2. The number of nitrogens with zero attached hydrogens (tertiary/aromatic N) is 2. The number of nitrogens with one attached hydrogen (secondary N) is 2. The van der Waals surface area contributed by atoms with Gasteiger partial charge in [0.25, 0.3) is 5.91 Å². The molecule has 1 aliphatic carbocycles. The molecular formula is C16H24N4O. The van der Waals surface area contributed by atoms with E-state index in [1.54, 1.807) is 6.20 Å².